The van der Waals surface area contributed by atoms with Crippen molar-refractivity contribution in [3.8, 4) is 0 Å². The van der Waals surface area contributed by atoms with Crippen LogP contribution in [-0.2, 0) is 14.3 Å². The van der Waals surface area contributed by atoms with Crippen molar-refractivity contribution in [2.24, 2.45) is 0 Å². The van der Waals surface area contributed by atoms with Gasteiger partial charge in [-0.2, -0.15) is 0 Å². The molecule has 8 nitrogen and oxygen atoms in total. The van der Waals surface area contributed by atoms with Crippen molar-refractivity contribution < 1.29 is 19.1 Å². The van der Waals surface area contributed by atoms with Crippen molar-refractivity contribution in [2.75, 3.05) is 41.9 Å². The van der Waals surface area contributed by atoms with Crippen LogP contribution in [0.25, 0.3) is 0 Å². The van der Waals surface area contributed by atoms with E-state index in [1.54, 1.807) is 33.9 Å². The van der Waals surface area contributed by atoms with E-state index in [1.807, 2.05) is 60.5 Å². The Kier molecular flexibility index (Phi) is 6.72. The Morgan fingerprint density at radius 3 is 2.28 bits per heavy atom. The second-order valence-corrected chi connectivity index (χ2v) is 8.78. The van der Waals surface area contributed by atoms with Gasteiger partial charge < -0.3 is 19.9 Å². The fraction of sp³-hybridized carbons (Fsp3) is 0.375. The van der Waals surface area contributed by atoms with Gasteiger partial charge in [0, 0.05) is 26.3 Å². The molecule has 0 fully saturated rings. The van der Waals surface area contributed by atoms with Gasteiger partial charge in [0.05, 0.1) is 11.4 Å². The van der Waals surface area contributed by atoms with Crippen LogP contribution in [0.3, 0.4) is 0 Å². The van der Waals surface area contributed by atoms with Gasteiger partial charge in [-0.05, 0) is 45.0 Å². The molecule has 2 aromatic carbocycles. The number of benzene rings is 2. The highest BCUT2D eigenvalue weighted by atomic mass is 16.6. The predicted molar refractivity (Wildman–Crippen MR) is 125 cm³/mol. The molecule has 1 aliphatic heterocycles. The first-order valence-electron chi connectivity index (χ1n) is 10.5. The largest absolute Gasteiger partial charge is 0.444 e. The van der Waals surface area contributed by atoms with Gasteiger partial charge in [0.1, 0.15) is 18.2 Å². The fourth-order valence-electron chi connectivity index (χ4n) is 3.53. The Bertz CT molecular complexity index is 987. The summed E-state index contributed by atoms with van der Waals surface area (Å²) in [5.74, 6) is -0.623. The number of amides is 3. The minimum atomic E-state index is -0.878. The molecule has 32 heavy (non-hydrogen) atoms. The maximum Gasteiger partial charge on any atom is 0.408 e. The standard InChI is InChI=1S/C24H30N4O4/c1-24(2,3)32-23(31)25-18-15-26(4)19-13-9-10-14-20(19)28(22(18)30)16-21(29)27(5)17-11-7-6-8-12-17/h6-14,18H,15-16H2,1-5H3,(H,25,31). The van der Waals surface area contributed by atoms with Crippen molar-refractivity contribution in [3.63, 3.8) is 0 Å². The molecule has 1 unspecified atom stereocenters. The molecule has 0 bridgehead atoms. The van der Waals surface area contributed by atoms with E-state index >= 15 is 0 Å². The number of carbonyl (C=O) groups is 3. The van der Waals surface area contributed by atoms with Crippen molar-refractivity contribution in [3.05, 3.63) is 54.6 Å². The van der Waals surface area contributed by atoms with Crippen molar-refractivity contribution >= 4 is 35.0 Å². The monoisotopic (exact) mass is 438 g/mol. The van der Waals surface area contributed by atoms with Gasteiger partial charge in [-0.3, -0.25) is 14.5 Å². The Hall–Kier alpha value is -3.55. The molecule has 1 heterocycles. The quantitative estimate of drug-likeness (QED) is 0.794. The summed E-state index contributed by atoms with van der Waals surface area (Å²) in [6.45, 7) is 5.35. The lowest BCUT2D eigenvalue weighted by molar-refractivity contribution is -0.123. The van der Waals surface area contributed by atoms with E-state index in [9.17, 15) is 14.4 Å². The summed E-state index contributed by atoms with van der Waals surface area (Å²) in [4.78, 5) is 43.8. The summed E-state index contributed by atoms with van der Waals surface area (Å²) in [6.07, 6.45) is -0.678. The second-order valence-electron chi connectivity index (χ2n) is 8.78. The topological polar surface area (TPSA) is 82.2 Å². The lowest BCUT2D eigenvalue weighted by atomic mass is 10.2. The number of alkyl carbamates (subject to hydrolysis) is 1. The number of fused-ring (bicyclic) bond motifs is 1. The normalized spacial score (nSPS) is 16.2. The fourth-order valence-corrected chi connectivity index (χ4v) is 3.53. The zero-order valence-electron chi connectivity index (χ0n) is 19.2. The molecule has 0 aromatic heterocycles. The molecule has 8 heteroatoms. The van der Waals surface area contributed by atoms with Gasteiger partial charge in [0.15, 0.2) is 0 Å². The SMILES string of the molecule is CN1CC(NC(=O)OC(C)(C)C)C(=O)N(CC(=O)N(C)c2ccccc2)c2ccccc21. The maximum absolute atomic E-state index is 13.5. The van der Waals surface area contributed by atoms with E-state index in [1.165, 1.54) is 9.80 Å². The average Bonchev–Trinajstić information content (AvgIpc) is 2.83. The van der Waals surface area contributed by atoms with Crippen molar-refractivity contribution in [2.45, 2.75) is 32.4 Å². The summed E-state index contributed by atoms with van der Waals surface area (Å²) in [6, 6.07) is 15.7. The molecule has 170 valence electrons. The minimum Gasteiger partial charge on any atom is -0.444 e. The van der Waals surface area contributed by atoms with E-state index in [-0.39, 0.29) is 24.9 Å². The number of nitrogens with zero attached hydrogens (tertiary/aromatic N) is 3. The Labute approximate surface area is 188 Å². The van der Waals surface area contributed by atoms with Gasteiger partial charge >= 0.3 is 6.09 Å². The highest BCUT2D eigenvalue weighted by Crippen LogP contribution is 2.32. The Morgan fingerprint density at radius 2 is 1.66 bits per heavy atom. The molecule has 1 N–H and O–H groups in total. The number of para-hydroxylation sites is 3. The third kappa shape index (κ3) is 5.38. The van der Waals surface area contributed by atoms with Gasteiger partial charge in [0.25, 0.3) is 5.91 Å². The molecular formula is C24H30N4O4. The molecule has 3 rings (SSSR count). The van der Waals surface area contributed by atoms with Crippen LogP contribution in [0.4, 0.5) is 21.9 Å². The summed E-state index contributed by atoms with van der Waals surface area (Å²) < 4.78 is 5.34. The molecule has 0 radical (unpaired) electrons. The number of hydrogen-bond acceptors (Lipinski definition) is 5. The number of rotatable bonds is 4. The van der Waals surface area contributed by atoms with E-state index in [0.717, 1.165) is 11.4 Å². The molecule has 0 saturated carbocycles. The zero-order valence-corrected chi connectivity index (χ0v) is 19.2. The second kappa shape index (κ2) is 9.30. The number of nitrogens with one attached hydrogen (secondary N) is 1. The van der Waals surface area contributed by atoms with Gasteiger partial charge in [0.2, 0.25) is 5.91 Å². The van der Waals surface area contributed by atoms with E-state index in [4.69, 9.17) is 4.74 Å². The Morgan fingerprint density at radius 1 is 1.06 bits per heavy atom. The first kappa shape index (κ1) is 23.1. The van der Waals surface area contributed by atoms with E-state index in [0.29, 0.717) is 5.69 Å². The third-order valence-corrected chi connectivity index (χ3v) is 5.11. The number of carbonyl (C=O) groups excluding carboxylic acids is 3. The molecule has 3 amide bonds. The number of likely N-dealkylation sites (N-methyl/N-ethyl adjacent to an activating group) is 2. The van der Waals surface area contributed by atoms with Crippen LogP contribution < -0.4 is 20.0 Å². The van der Waals surface area contributed by atoms with E-state index in [2.05, 4.69) is 5.32 Å². The summed E-state index contributed by atoms with van der Waals surface area (Å²) in [7, 11) is 3.52. The lowest BCUT2D eigenvalue weighted by Crippen LogP contribution is -2.54. The molecular weight excluding hydrogens is 408 g/mol. The molecule has 0 aliphatic carbocycles. The predicted octanol–water partition coefficient (Wildman–Crippen LogP) is 3.03. The van der Waals surface area contributed by atoms with Crippen LogP contribution in [0.2, 0.25) is 0 Å². The van der Waals surface area contributed by atoms with Crippen LogP contribution in [0.5, 0.6) is 0 Å². The van der Waals surface area contributed by atoms with Crippen LogP contribution in [0.1, 0.15) is 20.8 Å². The first-order valence-corrected chi connectivity index (χ1v) is 10.5. The first-order chi connectivity index (χ1) is 15.1. The molecule has 0 spiro atoms. The summed E-state index contributed by atoms with van der Waals surface area (Å²) >= 11 is 0. The maximum atomic E-state index is 13.5. The number of anilines is 3. The third-order valence-electron chi connectivity index (χ3n) is 5.11. The van der Waals surface area contributed by atoms with Crippen LogP contribution in [0.15, 0.2) is 54.6 Å². The zero-order chi connectivity index (χ0) is 23.5. The van der Waals surface area contributed by atoms with Crippen LogP contribution in [0, 0.1) is 0 Å². The van der Waals surface area contributed by atoms with Crippen LogP contribution in [-0.4, -0.2) is 56.7 Å². The number of hydrogen-bond donors (Lipinski definition) is 1. The average molecular weight is 439 g/mol. The van der Waals surface area contributed by atoms with Gasteiger partial charge in [-0.15, -0.1) is 0 Å². The van der Waals surface area contributed by atoms with Crippen LogP contribution >= 0.6 is 0 Å². The minimum absolute atomic E-state index is 0.165. The summed E-state index contributed by atoms with van der Waals surface area (Å²) in [5, 5.41) is 2.68. The van der Waals surface area contributed by atoms with Crippen molar-refractivity contribution in [1.82, 2.24) is 5.32 Å². The highest BCUT2D eigenvalue weighted by molar-refractivity contribution is 6.08. The molecule has 1 atom stereocenters. The smallest absolute Gasteiger partial charge is 0.408 e. The molecule has 2 aromatic rings. The van der Waals surface area contributed by atoms with Crippen molar-refractivity contribution in [1.29, 1.82) is 0 Å². The number of ether oxygens (including phenoxy) is 1. The van der Waals surface area contributed by atoms with Gasteiger partial charge in [-0.25, -0.2) is 4.79 Å². The van der Waals surface area contributed by atoms with E-state index < -0.39 is 17.7 Å². The Balaban J connectivity index is 1.88. The summed E-state index contributed by atoms with van der Waals surface area (Å²) in [5.41, 5.74) is 1.45. The van der Waals surface area contributed by atoms with Gasteiger partial charge in [-0.1, -0.05) is 30.3 Å². The molecule has 0 saturated heterocycles. The molecule has 1 aliphatic rings. The highest BCUT2D eigenvalue weighted by Gasteiger charge is 2.35. The lowest BCUT2D eigenvalue weighted by Gasteiger charge is -2.28.